The summed E-state index contributed by atoms with van der Waals surface area (Å²) in [4.78, 5) is 14.7. The maximum absolute atomic E-state index is 12.5. The van der Waals surface area contributed by atoms with E-state index in [2.05, 4.69) is 31.3 Å². The van der Waals surface area contributed by atoms with Crippen molar-refractivity contribution in [3.05, 3.63) is 50.7 Å². The summed E-state index contributed by atoms with van der Waals surface area (Å²) >= 11 is 1.66. The molecule has 0 saturated heterocycles. The van der Waals surface area contributed by atoms with Gasteiger partial charge in [-0.3, -0.25) is 4.79 Å². The van der Waals surface area contributed by atoms with Crippen molar-refractivity contribution in [3.8, 4) is 0 Å². The summed E-state index contributed by atoms with van der Waals surface area (Å²) in [6.45, 7) is 6.40. The Bertz CT molecular complexity index is 687. The molecule has 1 atom stereocenters. The average molecular weight is 299 g/mol. The summed E-state index contributed by atoms with van der Waals surface area (Å²) in [6, 6.07) is 8.11. The topological polar surface area (TPSA) is 29.1 Å². The normalized spacial score (nSPS) is 17.4. The number of thiophene rings is 1. The van der Waals surface area contributed by atoms with Gasteiger partial charge in [0.2, 0.25) is 0 Å². The van der Waals surface area contributed by atoms with Crippen LogP contribution in [-0.2, 0) is 12.8 Å². The molecule has 1 aliphatic rings. The molecular formula is C18H21NOS. The zero-order valence-corrected chi connectivity index (χ0v) is 13.6. The lowest BCUT2D eigenvalue weighted by Crippen LogP contribution is -2.11. The van der Waals surface area contributed by atoms with Crippen LogP contribution >= 0.6 is 11.3 Å². The third-order valence-corrected chi connectivity index (χ3v) is 5.64. The van der Waals surface area contributed by atoms with Gasteiger partial charge in [-0.15, -0.1) is 11.3 Å². The van der Waals surface area contributed by atoms with Crippen LogP contribution in [-0.4, -0.2) is 5.91 Å². The molecule has 0 spiro atoms. The number of carbonyl (C=O) groups excluding carboxylic acids is 1. The van der Waals surface area contributed by atoms with Crippen molar-refractivity contribution >= 4 is 22.9 Å². The maximum atomic E-state index is 12.5. The van der Waals surface area contributed by atoms with Crippen molar-refractivity contribution < 1.29 is 4.79 Å². The van der Waals surface area contributed by atoms with E-state index in [-0.39, 0.29) is 5.91 Å². The molecule has 0 saturated carbocycles. The van der Waals surface area contributed by atoms with Crippen molar-refractivity contribution in [2.24, 2.45) is 5.92 Å². The van der Waals surface area contributed by atoms with Gasteiger partial charge >= 0.3 is 0 Å². The monoisotopic (exact) mass is 299 g/mol. The van der Waals surface area contributed by atoms with Gasteiger partial charge in [-0.1, -0.05) is 19.1 Å². The van der Waals surface area contributed by atoms with Crippen LogP contribution in [0.3, 0.4) is 0 Å². The summed E-state index contributed by atoms with van der Waals surface area (Å²) in [5, 5.41) is 3.06. The van der Waals surface area contributed by atoms with E-state index in [1.807, 2.05) is 19.1 Å². The molecule has 0 radical (unpaired) electrons. The van der Waals surface area contributed by atoms with E-state index in [1.54, 1.807) is 11.3 Å². The van der Waals surface area contributed by atoms with Crippen LogP contribution < -0.4 is 5.32 Å². The van der Waals surface area contributed by atoms with Crippen molar-refractivity contribution in [2.75, 3.05) is 5.32 Å². The molecule has 2 aromatic rings. The van der Waals surface area contributed by atoms with E-state index in [1.165, 1.54) is 22.4 Å². The molecule has 3 heteroatoms. The first-order chi connectivity index (χ1) is 10.0. The molecule has 0 bridgehead atoms. The Balaban J connectivity index is 1.81. The van der Waals surface area contributed by atoms with Gasteiger partial charge in [0.25, 0.3) is 5.91 Å². The van der Waals surface area contributed by atoms with Gasteiger partial charge in [-0.2, -0.15) is 0 Å². The number of aryl methyl sites for hydroxylation is 2. The second kappa shape index (κ2) is 5.64. The van der Waals surface area contributed by atoms with Crippen molar-refractivity contribution in [3.63, 3.8) is 0 Å². The zero-order chi connectivity index (χ0) is 15.0. The lowest BCUT2D eigenvalue weighted by molar-refractivity contribution is 0.103. The van der Waals surface area contributed by atoms with E-state index in [0.717, 1.165) is 34.9 Å². The molecule has 0 aliphatic heterocycles. The Morgan fingerprint density at radius 1 is 1.33 bits per heavy atom. The largest absolute Gasteiger partial charge is 0.321 e. The summed E-state index contributed by atoms with van der Waals surface area (Å²) < 4.78 is 0. The minimum absolute atomic E-state index is 0.0238. The van der Waals surface area contributed by atoms with Crippen LogP contribution in [0.15, 0.2) is 24.3 Å². The molecule has 1 N–H and O–H groups in total. The number of nitrogens with one attached hydrogen (secondary N) is 1. The van der Waals surface area contributed by atoms with E-state index in [9.17, 15) is 4.79 Å². The van der Waals surface area contributed by atoms with Gasteiger partial charge in [-0.05, 0) is 67.9 Å². The Morgan fingerprint density at radius 2 is 2.14 bits per heavy atom. The molecular weight excluding hydrogens is 278 g/mol. The summed E-state index contributed by atoms with van der Waals surface area (Å²) in [5.41, 5.74) is 4.64. The Labute approximate surface area is 130 Å². The second-order valence-electron chi connectivity index (χ2n) is 6.11. The van der Waals surface area contributed by atoms with Crippen LogP contribution in [0, 0.1) is 19.8 Å². The molecule has 1 amide bonds. The van der Waals surface area contributed by atoms with Crippen molar-refractivity contribution in [1.29, 1.82) is 0 Å². The number of hydrogen-bond acceptors (Lipinski definition) is 2. The first-order valence-corrected chi connectivity index (χ1v) is 8.35. The Hall–Kier alpha value is -1.61. The van der Waals surface area contributed by atoms with E-state index < -0.39 is 0 Å². The molecule has 1 heterocycles. The van der Waals surface area contributed by atoms with E-state index in [0.29, 0.717) is 0 Å². The molecule has 21 heavy (non-hydrogen) atoms. The molecule has 2 nitrogen and oxygen atoms in total. The molecule has 1 aliphatic carbocycles. The van der Waals surface area contributed by atoms with Gasteiger partial charge < -0.3 is 5.32 Å². The number of benzene rings is 1. The number of anilines is 1. The summed E-state index contributed by atoms with van der Waals surface area (Å²) in [6.07, 6.45) is 3.48. The fourth-order valence-electron chi connectivity index (χ4n) is 2.89. The third kappa shape index (κ3) is 2.88. The standard InChI is InChI=1S/C18H21NOS/c1-11-7-8-16-14(9-11)10-17(21-16)18(20)19-15-6-4-5-12(2)13(15)3/h4-6,10-11H,7-9H2,1-3H3,(H,19,20). The SMILES string of the molecule is Cc1cccc(NC(=O)c2cc3c(s2)CCC(C)C3)c1C. The summed E-state index contributed by atoms with van der Waals surface area (Å²) in [7, 11) is 0. The quantitative estimate of drug-likeness (QED) is 0.852. The minimum atomic E-state index is 0.0238. The van der Waals surface area contributed by atoms with Gasteiger partial charge in [0.1, 0.15) is 0 Å². The third-order valence-electron chi connectivity index (χ3n) is 4.41. The van der Waals surface area contributed by atoms with Gasteiger partial charge in [0.15, 0.2) is 0 Å². The fourth-order valence-corrected chi connectivity index (χ4v) is 3.99. The average Bonchev–Trinajstić information content (AvgIpc) is 2.87. The highest BCUT2D eigenvalue weighted by Gasteiger charge is 2.20. The number of rotatable bonds is 2. The highest BCUT2D eigenvalue weighted by Crippen LogP contribution is 2.32. The van der Waals surface area contributed by atoms with Gasteiger partial charge in [0.05, 0.1) is 4.88 Å². The molecule has 110 valence electrons. The molecule has 1 aromatic carbocycles. The van der Waals surface area contributed by atoms with E-state index >= 15 is 0 Å². The Morgan fingerprint density at radius 3 is 2.95 bits per heavy atom. The summed E-state index contributed by atoms with van der Waals surface area (Å²) in [5.74, 6) is 0.762. The predicted molar refractivity (Wildman–Crippen MR) is 89.4 cm³/mol. The first-order valence-electron chi connectivity index (χ1n) is 7.53. The molecule has 3 rings (SSSR count). The molecule has 0 fully saturated rings. The van der Waals surface area contributed by atoms with Gasteiger partial charge in [-0.25, -0.2) is 0 Å². The minimum Gasteiger partial charge on any atom is -0.321 e. The maximum Gasteiger partial charge on any atom is 0.265 e. The van der Waals surface area contributed by atoms with Crippen LogP contribution in [0.25, 0.3) is 0 Å². The number of fused-ring (bicyclic) bond motifs is 1. The van der Waals surface area contributed by atoms with Crippen molar-refractivity contribution in [2.45, 2.75) is 40.0 Å². The second-order valence-corrected chi connectivity index (χ2v) is 7.25. The van der Waals surface area contributed by atoms with Crippen LogP contribution in [0.2, 0.25) is 0 Å². The van der Waals surface area contributed by atoms with Gasteiger partial charge in [0, 0.05) is 10.6 Å². The Kier molecular flexibility index (Phi) is 3.85. The molecule has 1 aromatic heterocycles. The van der Waals surface area contributed by atoms with Crippen LogP contribution in [0.5, 0.6) is 0 Å². The van der Waals surface area contributed by atoms with Crippen LogP contribution in [0.1, 0.15) is 44.6 Å². The number of carbonyl (C=O) groups is 1. The first kappa shape index (κ1) is 14.3. The van der Waals surface area contributed by atoms with Crippen molar-refractivity contribution in [1.82, 2.24) is 0 Å². The molecule has 1 unspecified atom stereocenters. The van der Waals surface area contributed by atoms with E-state index in [4.69, 9.17) is 0 Å². The van der Waals surface area contributed by atoms with Crippen LogP contribution in [0.4, 0.5) is 5.69 Å². The lowest BCUT2D eigenvalue weighted by atomic mass is 9.90. The number of hydrogen-bond donors (Lipinski definition) is 1. The highest BCUT2D eigenvalue weighted by molar-refractivity contribution is 7.14. The lowest BCUT2D eigenvalue weighted by Gasteiger charge is -2.16. The predicted octanol–water partition coefficient (Wildman–Crippen LogP) is 4.74. The zero-order valence-electron chi connectivity index (χ0n) is 12.8. The fraction of sp³-hybridized carbons (Fsp3) is 0.389. The smallest absolute Gasteiger partial charge is 0.265 e. The number of amides is 1. The highest BCUT2D eigenvalue weighted by atomic mass is 32.1.